The number of nitrogens with zero attached hydrogens (tertiary/aromatic N) is 1. The second-order valence-corrected chi connectivity index (χ2v) is 4.87. The summed E-state index contributed by atoms with van der Waals surface area (Å²) in [5.41, 5.74) is 6.89. The maximum atomic E-state index is 5.86. The maximum absolute atomic E-state index is 5.86. The van der Waals surface area contributed by atoms with Gasteiger partial charge in [0.1, 0.15) is 10.4 Å². The SMILES string of the molecule is COc1ccc(C(CN)c2ncc(Br)[nH]2)cc1OC. The van der Waals surface area contributed by atoms with Gasteiger partial charge in [-0.25, -0.2) is 4.98 Å². The Morgan fingerprint density at radius 1 is 1.32 bits per heavy atom. The molecular formula is C13H16BrN3O2. The summed E-state index contributed by atoms with van der Waals surface area (Å²) in [7, 11) is 3.23. The van der Waals surface area contributed by atoms with Gasteiger partial charge in [-0.05, 0) is 33.6 Å². The van der Waals surface area contributed by atoms with Gasteiger partial charge in [-0.15, -0.1) is 0 Å². The highest BCUT2D eigenvalue weighted by molar-refractivity contribution is 9.10. The van der Waals surface area contributed by atoms with Gasteiger partial charge in [-0.3, -0.25) is 0 Å². The minimum absolute atomic E-state index is 0.00824. The van der Waals surface area contributed by atoms with Crippen LogP contribution in [0.25, 0.3) is 0 Å². The number of hydrogen-bond acceptors (Lipinski definition) is 4. The number of nitrogens with two attached hydrogens (primary N) is 1. The molecule has 6 heteroatoms. The highest BCUT2D eigenvalue weighted by atomic mass is 79.9. The molecule has 2 aromatic rings. The molecule has 19 heavy (non-hydrogen) atoms. The van der Waals surface area contributed by atoms with Crippen LogP contribution in [-0.4, -0.2) is 30.7 Å². The van der Waals surface area contributed by atoms with Gasteiger partial charge in [0.2, 0.25) is 0 Å². The van der Waals surface area contributed by atoms with Gasteiger partial charge in [-0.1, -0.05) is 6.07 Å². The van der Waals surface area contributed by atoms with Crippen LogP contribution in [0.2, 0.25) is 0 Å². The summed E-state index contributed by atoms with van der Waals surface area (Å²) in [6.07, 6.45) is 1.72. The van der Waals surface area contributed by atoms with Crippen LogP contribution in [0.1, 0.15) is 17.3 Å². The number of aromatic amines is 1. The monoisotopic (exact) mass is 325 g/mol. The molecule has 0 aliphatic carbocycles. The van der Waals surface area contributed by atoms with Crippen LogP contribution in [0.3, 0.4) is 0 Å². The number of hydrogen-bond donors (Lipinski definition) is 2. The summed E-state index contributed by atoms with van der Waals surface area (Å²) in [6, 6.07) is 5.76. The fourth-order valence-corrected chi connectivity index (χ4v) is 2.27. The molecule has 0 fully saturated rings. The van der Waals surface area contributed by atoms with Gasteiger partial charge >= 0.3 is 0 Å². The minimum Gasteiger partial charge on any atom is -0.493 e. The normalized spacial score (nSPS) is 12.2. The summed E-state index contributed by atoms with van der Waals surface area (Å²) in [4.78, 5) is 7.45. The van der Waals surface area contributed by atoms with Gasteiger partial charge in [0.05, 0.1) is 26.3 Å². The Balaban J connectivity index is 2.38. The number of nitrogens with one attached hydrogen (secondary N) is 1. The first kappa shape index (κ1) is 13.9. The molecule has 3 N–H and O–H groups in total. The molecule has 0 aliphatic heterocycles. The highest BCUT2D eigenvalue weighted by Crippen LogP contribution is 2.32. The molecule has 0 radical (unpaired) electrons. The fourth-order valence-electron chi connectivity index (χ4n) is 1.97. The minimum atomic E-state index is -0.00824. The van der Waals surface area contributed by atoms with E-state index in [1.807, 2.05) is 18.2 Å². The van der Waals surface area contributed by atoms with Crippen molar-refractivity contribution in [1.29, 1.82) is 0 Å². The van der Waals surface area contributed by atoms with Crippen LogP contribution in [0, 0.1) is 0 Å². The van der Waals surface area contributed by atoms with Crippen LogP contribution in [0.4, 0.5) is 0 Å². The van der Waals surface area contributed by atoms with Crippen molar-refractivity contribution in [3.05, 3.63) is 40.4 Å². The van der Waals surface area contributed by atoms with E-state index in [9.17, 15) is 0 Å². The van der Waals surface area contributed by atoms with E-state index in [-0.39, 0.29) is 5.92 Å². The summed E-state index contributed by atoms with van der Waals surface area (Å²) < 4.78 is 11.4. The van der Waals surface area contributed by atoms with Gasteiger partial charge in [0.25, 0.3) is 0 Å². The molecule has 5 nitrogen and oxygen atoms in total. The highest BCUT2D eigenvalue weighted by Gasteiger charge is 2.17. The molecule has 2 rings (SSSR count). The van der Waals surface area contributed by atoms with E-state index in [2.05, 4.69) is 25.9 Å². The van der Waals surface area contributed by atoms with Crippen molar-refractivity contribution in [3.8, 4) is 11.5 Å². The number of ether oxygens (including phenoxy) is 2. The van der Waals surface area contributed by atoms with E-state index < -0.39 is 0 Å². The van der Waals surface area contributed by atoms with Crippen molar-refractivity contribution < 1.29 is 9.47 Å². The molecule has 1 aromatic carbocycles. The molecule has 0 saturated carbocycles. The van der Waals surface area contributed by atoms with E-state index in [1.54, 1.807) is 20.4 Å². The standard InChI is InChI=1S/C13H16BrN3O2/c1-18-10-4-3-8(5-11(10)19-2)9(6-15)13-16-7-12(14)17-13/h3-5,7,9H,6,15H2,1-2H3,(H,16,17). The second-order valence-electron chi connectivity index (χ2n) is 4.02. The topological polar surface area (TPSA) is 73.2 Å². The van der Waals surface area contributed by atoms with Crippen LogP contribution >= 0.6 is 15.9 Å². The van der Waals surface area contributed by atoms with E-state index in [0.717, 1.165) is 16.0 Å². The van der Waals surface area contributed by atoms with Gasteiger partial charge in [-0.2, -0.15) is 0 Å². The molecule has 0 aliphatic rings. The van der Waals surface area contributed by atoms with E-state index >= 15 is 0 Å². The Morgan fingerprint density at radius 2 is 2.05 bits per heavy atom. The molecular weight excluding hydrogens is 310 g/mol. The fraction of sp³-hybridized carbons (Fsp3) is 0.308. The summed E-state index contributed by atoms with van der Waals surface area (Å²) in [5.74, 6) is 2.19. The van der Waals surface area contributed by atoms with Crippen LogP contribution < -0.4 is 15.2 Å². The summed E-state index contributed by atoms with van der Waals surface area (Å²) in [5, 5.41) is 0. The molecule has 1 unspecified atom stereocenters. The number of rotatable bonds is 5. The van der Waals surface area contributed by atoms with Crippen molar-refractivity contribution in [1.82, 2.24) is 9.97 Å². The van der Waals surface area contributed by atoms with Crippen LogP contribution in [0.15, 0.2) is 29.0 Å². The molecule has 0 amide bonds. The summed E-state index contributed by atoms with van der Waals surface area (Å²) in [6.45, 7) is 0.454. The lowest BCUT2D eigenvalue weighted by molar-refractivity contribution is 0.354. The first-order chi connectivity index (χ1) is 9.19. The number of H-pyrrole nitrogens is 1. The zero-order valence-corrected chi connectivity index (χ0v) is 12.4. The first-order valence-corrected chi connectivity index (χ1v) is 6.61. The Hall–Kier alpha value is -1.53. The average molecular weight is 326 g/mol. The average Bonchev–Trinajstić information content (AvgIpc) is 2.86. The number of benzene rings is 1. The van der Waals surface area contributed by atoms with Crippen molar-refractivity contribution in [2.75, 3.05) is 20.8 Å². The van der Waals surface area contributed by atoms with Crippen molar-refractivity contribution in [3.63, 3.8) is 0 Å². The van der Waals surface area contributed by atoms with Crippen LogP contribution in [0.5, 0.6) is 11.5 Å². The van der Waals surface area contributed by atoms with Crippen molar-refractivity contribution >= 4 is 15.9 Å². The molecule has 0 bridgehead atoms. The third-order valence-corrected chi connectivity index (χ3v) is 3.34. The maximum Gasteiger partial charge on any atom is 0.161 e. The van der Waals surface area contributed by atoms with E-state index in [0.29, 0.717) is 18.0 Å². The number of aromatic nitrogens is 2. The molecule has 0 spiro atoms. The Kier molecular flexibility index (Phi) is 4.44. The van der Waals surface area contributed by atoms with E-state index in [4.69, 9.17) is 15.2 Å². The molecule has 1 heterocycles. The lowest BCUT2D eigenvalue weighted by Gasteiger charge is -2.15. The van der Waals surface area contributed by atoms with Crippen molar-refractivity contribution in [2.45, 2.75) is 5.92 Å². The van der Waals surface area contributed by atoms with Gasteiger partial charge in [0.15, 0.2) is 11.5 Å². The zero-order valence-electron chi connectivity index (χ0n) is 10.8. The zero-order chi connectivity index (χ0) is 13.8. The molecule has 1 aromatic heterocycles. The quantitative estimate of drug-likeness (QED) is 0.884. The smallest absolute Gasteiger partial charge is 0.161 e. The first-order valence-electron chi connectivity index (χ1n) is 5.82. The lowest BCUT2D eigenvalue weighted by atomic mass is 9.98. The van der Waals surface area contributed by atoms with Gasteiger partial charge in [0, 0.05) is 6.54 Å². The number of methoxy groups -OCH3 is 2. The number of imidazole rings is 1. The van der Waals surface area contributed by atoms with Crippen molar-refractivity contribution in [2.24, 2.45) is 5.73 Å². The Morgan fingerprint density at radius 3 is 2.58 bits per heavy atom. The van der Waals surface area contributed by atoms with E-state index in [1.165, 1.54) is 0 Å². The predicted octanol–water partition coefficient (Wildman–Crippen LogP) is 2.28. The molecule has 1 atom stereocenters. The Bertz CT molecular complexity index is 557. The van der Waals surface area contributed by atoms with Gasteiger partial charge < -0.3 is 20.2 Å². The second kappa shape index (κ2) is 6.08. The summed E-state index contributed by atoms with van der Waals surface area (Å²) >= 11 is 3.35. The van der Waals surface area contributed by atoms with Crippen LogP contribution in [-0.2, 0) is 0 Å². The molecule has 102 valence electrons. The third-order valence-electron chi connectivity index (χ3n) is 2.94. The lowest BCUT2D eigenvalue weighted by Crippen LogP contribution is -2.15. The Labute approximate surface area is 120 Å². The largest absolute Gasteiger partial charge is 0.493 e. The molecule has 0 saturated heterocycles. The predicted molar refractivity (Wildman–Crippen MR) is 76.7 cm³/mol. The third kappa shape index (κ3) is 2.90. The number of halogens is 1.